The van der Waals surface area contributed by atoms with Gasteiger partial charge in [-0.2, -0.15) is 0 Å². The van der Waals surface area contributed by atoms with Crippen LogP contribution in [0.25, 0.3) is 0 Å². The molecule has 2 fully saturated rings. The number of nitrogens with zero attached hydrogens (tertiary/aromatic N) is 3. The van der Waals surface area contributed by atoms with Crippen LogP contribution in [-0.2, 0) is 4.79 Å². The van der Waals surface area contributed by atoms with Gasteiger partial charge in [0.15, 0.2) is 0 Å². The van der Waals surface area contributed by atoms with Crippen molar-refractivity contribution in [2.24, 2.45) is 0 Å². The maximum Gasteiger partial charge on any atom is 0.322 e. The largest absolute Gasteiger partial charge is 0.495 e. The lowest BCUT2D eigenvalue weighted by molar-refractivity contribution is -0.130. The molecule has 2 heterocycles. The number of rotatable bonds is 7. The van der Waals surface area contributed by atoms with Crippen LogP contribution in [0, 0.1) is 5.82 Å². The average Bonchev–Trinajstić information content (AvgIpc) is 3.18. The van der Waals surface area contributed by atoms with Crippen LogP contribution >= 0.6 is 11.8 Å². The number of thioether (sulfide) groups is 1. The molecule has 1 N–H and O–H groups in total. The normalized spacial score (nSPS) is 21.1. The van der Waals surface area contributed by atoms with Gasteiger partial charge in [-0.15, -0.1) is 11.8 Å². The number of amides is 3. The van der Waals surface area contributed by atoms with Crippen LogP contribution < -0.4 is 10.1 Å². The molecule has 7 nitrogen and oxygen atoms in total. The number of piperazine rings is 1. The first-order valence-corrected chi connectivity index (χ1v) is 12.6. The van der Waals surface area contributed by atoms with Gasteiger partial charge in [0.2, 0.25) is 5.91 Å². The van der Waals surface area contributed by atoms with Crippen LogP contribution in [0.4, 0.5) is 14.9 Å². The van der Waals surface area contributed by atoms with Gasteiger partial charge in [0, 0.05) is 39.3 Å². The fourth-order valence-electron chi connectivity index (χ4n) is 4.37. The van der Waals surface area contributed by atoms with E-state index >= 15 is 0 Å². The van der Waals surface area contributed by atoms with Crippen molar-refractivity contribution in [2.75, 3.05) is 51.7 Å². The number of hydrogen-bond acceptors (Lipinski definition) is 5. The second-order valence-electron chi connectivity index (χ2n) is 8.43. The highest BCUT2D eigenvalue weighted by molar-refractivity contribution is 8.01. The van der Waals surface area contributed by atoms with Crippen LogP contribution in [-0.4, -0.2) is 78.3 Å². The summed E-state index contributed by atoms with van der Waals surface area (Å²) in [5.41, 5.74) is 1.48. The van der Waals surface area contributed by atoms with E-state index in [4.69, 9.17) is 4.74 Å². The monoisotopic (exact) mass is 486 g/mol. The quantitative estimate of drug-likeness (QED) is 0.640. The number of anilines is 1. The Balaban J connectivity index is 1.31. The highest BCUT2D eigenvalue weighted by Gasteiger charge is 2.40. The van der Waals surface area contributed by atoms with E-state index in [1.807, 2.05) is 42.2 Å². The molecule has 3 amide bonds. The number of ether oxygens (including phenoxy) is 1. The Kier molecular flexibility index (Phi) is 7.95. The molecule has 2 aromatic carbocycles. The number of hydrogen-bond donors (Lipinski definition) is 1. The van der Waals surface area contributed by atoms with E-state index in [-0.39, 0.29) is 28.4 Å². The highest BCUT2D eigenvalue weighted by atomic mass is 32.2. The van der Waals surface area contributed by atoms with E-state index < -0.39 is 0 Å². The van der Waals surface area contributed by atoms with Crippen LogP contribution in [0.1, 0.15) is 24.3 Å². The molecule has 4 rings (SSSR count). The minimum atomic E-state index is -0.284. The lowest BCUT2D eigenvalue weighted by Crippen LogP contribution is -2.51. The average molecular weight is 487 g/mol. The molecule has 182 valence electrons. The van der Waals surface area contributed by atoms with E-state index in [2.05, 4.69) is 10.2 Å². The number of carbonyl (C=O) groups excluding carboxylic acids is 2. The molecule has 0 spiro atoms. The molecule has 2 aliphatic rings. The molecule has 2 saturated heterocycles. The van der Waals surface area contributed by atoms with Crippen molar-refractivity contribution in [1.29, 1.82) is 0 Å². The molecule has 0 aromatic heterocycles. The molecule has 0 aliphatic carbocycles. The van der Waals surface area contributed by atoms with Crippen molar-refractivity contribution in [3.8, 4) is 5.75 Å². The summed E-state index contributed by atoms with van der Waals surface area (Å²) in [6.45, 7) is 5.99. The van der Waals surface area contributed by atoms with Crippen LogP contribution in [0.15, 0.2) is 48.5 Å². The fraction of sp³-hybridized carbons (Fsp3) is 0.440. The molecule has 9 heteroatoms. The predicted molar refractivity (Wildman–Crippen MR) is 133 cm³/mol. The Labute approximate surface area is 204 Å². The summed E-state index contributed by atoms with van der Waals surface area (Å²) < 4.78 is 19.1. The van der Waals surface area contributed by atoms with Gasteiger partial charge in [-0.3, -0.25) is 9.69 Å². The van der Waals surface area contributed by atoms with Gasteiger partial charge in [0.05, 0.1) is 18.0 Å². The number of benzene rings is 2. The first kappa shape index (κ1) is 24.3. The number of halogens is 1. The molecule has 0 radical (unpaired) electrons. The van der Waals surface area contributed by atoms with E-state index in [1.165, 1.54) is 12.1 Å². The number of nitrogens with one attached hydrogen (secondary N) is 1. The van der Waals surface area contributed by atoms with Gasteiger partial charge >= 0.3 is 6.03 Å². The molecule has 2 aliphatic heterocycles. The molecule has 2 aromatic rings. The molecular weight excluding hydrogens is 455 g/mol. The summed E-state index contributed by atoms with van der Waals surface area (Å²) in [6.07, 6.45) is 0.756. The van der Waals surface area contributed by atoms with Crippen molar-refractivity contribution < 1.29 is 18.7 Å². The lowest BCUT2D eigenvalue weighted by atomic mass is 10.2. The minimum absolute atomic E-state index is 0.0937. The Morgan fingerprint density at radius 1 is 1.12 bits per heavy atom. The van der Waals surface area contributed by atoms with Gasteiger partial charge in [-0.1, -0.05) is 31.2 Å². The smallest absolute Gasteiger partial charge is 0.322 e. The van der Waals surface area contributed by atoms with Gasteiger partial charge < -0.3 is 19.9 Å². The van der Waals surface area contributed by atoms with Crippen molar-refractivity contribution in [2.45, 2.75) is 24.0 Å². The topological polar surface area (TPSA) is 65.1 Å². The molecule has 0 bridgehead atoms. The van der Waals surface area contributed by atoms with Crippen molar-refractivity contribution in [3.05, 3.63) is 59.9 Å². The molecule has 2 atom stereocenters. The molecule has 2 unspecified atom stereocenters. The summed E-state index contributed by atoms with van der Waals surface area (Å²) in [5, 5.41) is 2.67. The number of carbonyl (C=O) groups is 2. The summed E-state index contributed by atoms with van der Waals surface area (Å²) in [4.78, 5) is 31.6. The Morgan fingerprint density at radius 3 is 2.59 bits per heavy atom. The zero-order chi connectivity index (χ0) is 24.1. The van der Waals surface area contributed by atoms with E-state index in [9.17, 15) is 14.0 Å². The molecule has 34 heavy (non-hydrogen) atoms. The maximum atomic E-state index is 13.8. The lowest BCUT2D eigenvalue weighted by Gasteiger charge is -2.36. The fourth-order valence-corrected chi connectivity index (χ4v) is 5.79. The minimum Gasteiger partial charge on any atom is -0.495 e. The standard InChI is InChI=1S/C25H31FN4O3S/c1-3-22-23(31)30(24(34-22)18-7-6-8-19(26)17-18)16-13-28-11-14-29(15-12-28)25(32)27-20-9-4-5-10-21(20)33-2/h4-10,17,22,24H,3,11-16H2,1-2H3,(H,27,32). The highest BCUT2D eigenvalue weighted by Crippen LogP contribution is 2.44. The second kappa shape index (κ2) is 11.1. The zero-order valence-corrected chi connectivity index (χ0v) is 20.4. The van der Waals surface area contributed by atoms with Crippen LogP contribution in [0.5, 0.6) is 5.75 Å². The summed E-state index contributed by atoms with van der Waals surface area (Å²) in [5.74, 6) is 0.463. The first-order chi connectivity index (χ1) is 16.5. The van der Waals surface area contributed by atoms with Gasteiger partial charge in [-0.05, 0) is 36.2 Å². The molecular formula is C25H31FN4O3S. The number of para-hydroxylation sites is 2. The SMILES string of the molecule is CCC1SC(c2cccc(F)c2)N(CCN2CCN(C(=O)Nc3ccccc3OC)CC2)C1=O. The Bertz CT molecular complexity index is 1020. The summed E-state index contributed by atoms with van der Waals surface area (Å²) >= 11 is 1.60. The van der Waals surface area contributed by atoms with E-state index in [1.54, 1.807) is 29.8 Å². The third-order valence-electron chi connectivity index (χ3n) is 6.30. The number of urea groups is 1. The summed E-state index contributed by atoms with van der Waals surface area (Å²) in [6, 6.07) is 13.7. The Morgan fingerprint density at radius 2 is 1.88 bits per heavy atom. The Hall–Kier alpha value is -2.78. The van der Waals surface area contributed by atoms with Crippen LogP contribution in [0.2, 0.25) is 0 Å². The van der Waals surface area contributed by atoms with Crippen molar-refractivity contribution >= 4 is 29.4 Å². The number of methoxy groups -OCH3 is 1. The van der Waals surface area contributed by atoms with E-state index in [0.717, 1.165) is 31.6 Å². The maximum absolute atomic E-state index is 13.8. The second-order valence-corrected chi connectivity index (χ2v) is 9.72. The van der Waals surface area contributed by atoms with Gasteiger partial charge in [0.1, 0.15) is 16.9 Å². The molecule has 0 saturated carbocycles. The van der Waals surface area contributed by atoms with E-state index in [0.29, 0.717) is 31.1 Å². The third-order valence-corrected chi connectivity index (χ3v) is 7.95. The van der Waals surface area contributed by atoms with Crippen molar-refractivity contribution in [1.82, 2.24) is 14.7 Å². The van der Waals surface area contributed by atoms with Crippen molar-refractivity contribution in [3.63, 3.8) is 0 Å². The summed E-state index contributed by atoms with van der Waals surface area (Å²) in [7, 11) is 1.58. The van der Waals surface area contributed by atoms with Gasteiger partial charge in [-0.25, -0.2) is 9.18 Å². The first-order valence-electron chi connectivity index (χ1n) is 11.6. The zero-order valence-electron chi connectivity index (χ0n) is 19.6. The van der Waals surface area contributed by atoms with Crippen LogP contribution in [0.3, 0.4) is 0 Å². The third kappa shape index (κ3) is 5.47. The predicted octanol–water partition coefficient (Wildman–Crippen LogP) is 4.04. The van der Waals surface area contributed by atoms with Gasteiger partial charge in [0.25, 0.3) is 0 Å².